The molecule has 0 fully saturated rings. The molecular weight excluding hydrogens is 531 g/mol. The van der Waals surface area contributed by atoms with Crippen LogP contribution in [0.3, 0.4) is 0 Å². The number of hydrogen-bond acceptors (Lipinski definition) is 8. The molecule has 0 radical (unpaired) electrons. The van der Waals surface area contributed by atoms with Gasteiger partial charge in [-0.2, -0.15) is 13.6 Å². The van der Waals surface area contributed by atoms with Crippen LogP contribution in [-0.4, -0.2) is 44.9 Å². The minimum atomic E-state index is -3.73. The molecule has 0 saturated heterocycles. The smallest absolute Gasteiger partial charge is 0.390 e. The van der Waals surface area contributed by atoms with Gasteiger partial charge in [-0.15, -0.1) is 0 Å². The molecular formula is C23H24ClKN6O4S. The normalized spacial score (nSPS) is 12.3. The van der Waals surface area contributed by atoms with Crippen molar-refractivity contribution in [3.63, 3.8) is 0 Å². The van der Waals surface area contributed by atoms with E-state index in [-0.39, 0.29) is 63.1 Å². The van der Waals surface area contributed by atoms with Crippen LogP contribution in [0.4, 0.5) is 0 Å². The molecule has 1 N–H and O–H groups in total. The molecule has 36 heavy (non-hydrogen) atoms. The maximum atomic E-state index is 11.8. The van der Waals surface area contributed by atoms with Crippen molar-refractivity contribution < 1.29 is 69.1 Å². The number of rotatable bonds is 10. The van der Waals surface area contributed by atoms with E-state index in [0.29, 0.717) is 36.7 Å². The van der Waals surface area contributed by atoms with Crippen molar-refractivity contribution in [3.8, 4) is 22.5 Å². The quantitative estimate of drug-likeness (QED) is 0.218. The summed E-state index contributed by atoms with van der Waals surface area (Å²) in [6.07, 6.45) is 1.28. The number of benzene rings is 2. The van der Waals surface area contributed by atoms with Crippen LogP contribution in [0.5, 0.6) is 0 Å². The second kappa shape index (κ2) is 12.8. The molecule has 0 bridgehead atoms. The van der Waals surface area contributed by atoms with Gasteiger partial charge in [0.05, 0.1) is 18.6 Å². The van der Waals surface area contributed by atoms with Gasteiger partial charge in [-0.25, -0.2) is 4.98 Å². The Bertz CT molecular complexity index is 1390. The SMILES string of the molecule is CCCC(OS(C)(=O)=O)c1nc(Cl)c(CO)n1Cc1ccc(-c2ccccc2-c2nnn[n-]2)cc1.[K+]. The summed E-state index contributed by atoms with van der Waals surface area (Å²) in [7, 11) is -3.73. The Hall–Kier alpha value is -1.48. The number of aliphatic hydroxyl groups is 1. The molecule has 1 unspecified atom stereocenters. The van der Waals surface area contributed by atoms with Crippen molar-refractivity contribution in [2.45, 2.75) is 39.0 Å². The molecule has 0 saturated carbocycles. The molecule has 0 aliphatic carbocycles. The van der Waals surface area contributed by atoms with Gasteiger partial charge in [0.15, 0.2) is 5.15 Å². The Morgan fingerprint density at radius 3 is 2.42 bits per heavy atom. The predicted molar refractivity (Wildman–Crippen MR) is 130 cm³/mol. The molecule has 13 heteroatoms. The minimum Gasteiger partial charge on any atom is -0.390 e. The van der Waals surface area contributed by atoms with Gasteiger partial charge >= 0.3 is 51.4 Å². The van der Waals surface area contributed by atoms with E-state index in [4.69, 9.17) is 15.8 Å². The topological polar surface area (TPSA) is 134 Å². The second-order valence-electron chi connectivity index (χ2n) is 7.97. The fraction of sp³-hybridized carbons (Fsp3) is 0.304. The molecule has 0 aliphatic rings. The number of aromatic nitrogens is 6. The third kappa shape index (κ3) is 6.88. The van der Waals surface area contributed by atoms with E-state index in [1.807, 2.05) is 55.5 Å². The van der Waals surface area contributed by atoms with Gasteiger partial charge in [0, 0.05) is 12.4 Å². The summed E-state index contributed by atoms with van der Waals surface area (Å²) in [6, 6.07) is 15.5. The Kier molecular flexibility index (Phi) is 10.4. The van der Waals surface area contributed by atoms with Crippen LogP contribution in [0.25, 0.3) is 22.5 Å². The van der Waals surface area contributed by atoms with E-state index >= 15 is 0 Å². The molecule has 2 aromatic carbocycles. The van der Waals surface area contributed by atoms with E-state index in [0.717, 1.165) is 28.5 Å². The number of aliphatic hydroxyl groups excluding tert-OH is 1. The monoisotopic (exact) mass is 554 g/mol. The summed E-state index contributed by atoms with van der Waals surface area (Å²) in [4.78, 5) is 4.34. The molecule has 4 aromatic rings. The maximum absolute atomic E-state index is 11.8. The Morgan fingerprint density at radius 2 is 1.83 bits per heavy atom. The third-order valence-corrected chi connectivity index (χ3v) is 6.31. The molecule has 0 aliphatic heterocycles. The maximum Gasteiger partial charge on any atom is 1.00 e. The molecule has 2 heterocycles. The predicted octanol–water partition coefficient (Wildman–Crippen LogP) is 0.375. The Morgan fingerprint density at radius 1 is 1.14 bits per heavy atom. The van der Waals surface area contributed by atoms with Crippen LogP contribution in [0.2, 0.25) is 5.15 Å². The molecule has 0 amide bonds. The average molecular weight is 555 g/mol. The Labute approximate surface area is 257 Å². The largest absolute Gasteiger partial charge is 1.00 e. The Balaban J connectivity index is 0.00000361. The number of halogens is 1. The van der Waals surface area contributed by atoms with Crippen LogP contribution >= 0.6 is 11.6 Å². The van der Waals surface area contributed by atoms with Crippen LogP contribution < -0.4 is 56.5 Å². The van der Waals surface area contributed by atoms with E-state index in [2.05, 4.69) is 25.6 Å². The number of nitrogens with zero attached hydrogens (tertiary/aromatic N) is 6. The summed E-state index contributed by atoms with van der Waals surface area (Å²) in [5, 5.41) is 25.1. The van der Waals surface area contributed by atoms with Gasteiger partial charge in [-0.1, -0.05) is 73.5 Å². The number of imidazole rings is 1. The third-order valence-electron chi connectivity index (χ3n) is 5.43. The van der Waals surface area contributed by atoms with Gasteiger partial charge in [0.2, 0.25) is 0 Å². The van der Waals surface area contributed by atoms with Gasteiger partial charge in [-0.3, -0.25) is 14.5 Å². The van der Waals surface area contributed by atoms with Gasteiger partial charge in [0.1, 0.15) is 11.9 Å². The van der Waals surface area contributed by atoms with Crippen molar-refractivity contribution in [2.24, 2.45) is 0 Å². The first-order valence-corrected chi connectivity index (χ1v) is 13.1. The summed E-state index contributed by atoms with van der Waals surface area (Å²) < 4.78 is 30.7. The van der Waals surface area contributed by atoms with E-state index < -0.39 is 16.2 Å². The van der Waals surface area contributed by atoms with E-state index in [9.17, 15) is 13.5 Å². The van der Waals surface area contributed by atoms with E-state index in [1.54, 1.807) is 4.57 Å². The fourth-order valence-electron chi connectivity index (χ4n) is 3.90. The molecule has 184 valence electrons. The fourth-order valence-corrected chi connectivity index (χ4v) is 4.75. The summed E-state index contributed by atoms with van der Waals surface area (Å²) in [5.41, 5.74) is 3.99. The first-order valence-electron chi connectivity index (χ1n) is 10.9. The standard InChI is InChI=1S/C23H24ClN6O4S.K/c1-3-6-20(34-35(2,32)33)23-25-21(24)19(14-31)30(23)13-15-9-11-16(12-10-15)17-7-4-5-8-18(17)22-26-28-29-27-22;/h4-5,7-12,20,31H,3,6,13-14H2,1-2H3;/q-1;+1. The zero-order valence-electron chi connectivity index (χ0n) is 20.2. The van der Waals surface area contributed by atoms with Crippen LogP contribution in [0.1, 0.15) is 43.0 Å². The minimum absolute atomic E-state index is 0. The summed E-state index contributed by atoms with van der Waals surface area (Å²) >= 11 is 6.28. The van der Waals surface area contributed by atoms with Crippen LogP contribution in [0.15, 0.2) is 48.5 Å². The van der Waals surface area contributed by atoms with Crippen molar-refractivity contribution in [2.75, 3.05) is 6.26 Å². The molecule has 0 spiro atoms. The molecule has 10 nitrogen and oxygen atoms in total. The zero-order chi connectivity index (χ0) is 25.0. The van der Waals surface area contributed by atoms with Crippen LogP contribution in [0, 0.1) is 0 Å². The number of hydrogen-bond donors (Lipinski definition) is 1. The average Bonchev–Trinajstić information content (AvgIpc) is 3.47. The van der Waals surface area contributed by atoms with Gasteiger partial charge in [-0.05, 0) is 28.7 Å². The van der Waals surface area contributed by atoms with Crippen LogP contribution in [-0.2, 0) is 27.5 Å². The second-order valence-corrected chi connectivity index (χ2v) is 9.93. The first kappa shape index (κ1) is 29.1. The molecule has 4 rings (SSSR count). The van der Waals surface area contributed by atoms with E-state index in [1.165, 1.54) is 0 Å². The first-order chi connectivity index (χ1) is 16.8. The van der Waals surface area contributed by atoms with Crippen molar-refractivity contribution in [1.82, 2.24) is 30.2 Å². The summed E-state index contributed by atoms with van der Waals surface area (Å²) in [5.74, 6) is 0.803. The molecule has 1 atom stereocenters. The van der Waals surface area contributed by atoms with Crippen molar-refractivity contribution in [3.05, 3.63) is 70.8 Å². The van der Waals surface area contributed by atoms with Gasteiger partial charge < -0.3 is 14.8 Å². The number of tetrazole rings is 1. The molecule has 2 aromatic heterocycles. The van der Waals surface area contributed by atoms with Crippen molar-refractivity contribution in [1.29, 1.82) is 0 Å². The van der Waals surface area contributed by atoms with Crippen molar-refractivity contribution >= 4 is 21.7 Å². The summed E-state index contributed by atoms with van der Waals surface area (Å²) in [6.45, 7) is 1.89. The zero-order valence-corrected chi connectivity index (χ0v) is 24.9. The van der Waals surface area contributed by atoms with Gasteiger partial charge in [0.25, 0.3) is 10.1 Å².